The molecule has 1 aromatic carbocycles. The molecule has 2 rings (SSSR count). The molecule has 0 aliphatic heterocycles. The number of hydrogen-bond acceptors (Lipinski definition) is 1. The number of nitrogens with zero attached hydrogens (tertiary/aromatic N) is 2. The molecule has 0 aliphatic carbocycles. The van der Waals surface area contributed by atoms with Gasteiger partial charge in [-0.25, -0.2) is 0 Å². The predicted octanol–water partition coefficient (Wildman–Crippen LogP) is 4.04. The lowest BCUT2D eigenvalue weighted by atomic mass is 9.85. The SMILES string of the molecule is Cn1cc(-c2cc(Cl)cc(C(C)(C)C)c2)cn1. The van der Waals surface area contributed by atoms with E-state index in [0.717, 1.165) is 16.1 Å². The normalized spacial score (nSPS) is 11.8. The Morgan fingerprint density at radius 2 is 1.82 bits per heavy atom. The van der Waals surface area contributed by atoms with Crippen molar-refractivity contribution in [2.45, 2.75) is 26.2 Å². The van der Waals surface area contributed by atoms with E-state index in [1.165, 1.54) is 5.56 Å². The number of rotatable bonds is 1. The number of halogens is 1. The van der Waals surface area contributed by atoms with Gasteiger partial charge in [-0.05, 0) is 28.7 Å². The Hall–Kier alpha value is -1.28. The van der Waals surface area contributed by atoms with Crippen molar-refractivity contribution in [1.29, 1.82) is 0 Å². The van der Waals surface area contributed by atoms with Crippen LogP contribution in [0.3, 0.4) is 0 Å². The summed E-state index contributed by atoms with van der Waals surface area (Å²) in [5.74, 6) is 0. The molecule has 0 amide bonds. The molecule has 0 fully saturated rings. The van der Waals surface area contributed by atoms with E-state index in [4.69, 9.17) is 11.6 Å². The minimum atomic E-state index is 0.0991. The predicted molar refractivity (Wildman–Crippen MR) is 72.4 cm³/mol. The van der Waals surface area contributed by atoms with E-state index in [1.807, 2.05) is 31.6 Å². The van der Waals surface area contributed by atoms with Gasteiger partial charge in [0, 0.05) is 23.8 Å². The van der Waals surface area contributed by atoms with Gasteiger partial charge in [0.2, 0.25) is 0 Å². The summed E-state index contributed by atoms with van der Waals surface area (Å²) in [5.41, 5.74) is 3.56. The van der Waals surface area contributed by atoms with Crippen LogP contribution < -0.4 is 0 Å². The summed E-state index contributed by atoms with van der Waals surface area (Å²) in [6.07, 6.45) is 3.86. The first-order chi connectivity index (χ1) is 7.86. The molecular formula is C14H17ClN2. The fourth-order valence-corrected chi connectivity index (χ4v) is 1.99. The lowest BCUT2D eigenvalue weighted by Gasteiger charge is -2.20. The van der Waals surface area contributed by atoms with Crippen molar-refractivity contribution in [1.82, 2.24) is 9.78 Å². The molecule has 90 valence electrons. The first kappa shape index (κ1) is 12.2. The van der Waals surface area contributed by atoms with E-state index < -0.39 is 0 Å². The molecule has 0 bridgehead atoms. The first-order valence-electron chi connectivity index (χ1n) is 5.66. The summed E-state index contributed by atoms with van der Waals surface area (Å²) in [6.45, 7) is 6.56. The van der Waals surface area contributed by atoms with E-state index in [0.29, 0.717) is 0 Å². The van der Waals surface area contributed by atoms with Gasteiger partial charge in [0.25, 0.3) is 0 Å². The van der Waals surface area contributed by atoms with Crippen molar-refractivity contribution < 1.29 is 0 Å². The standard InChI is InChI=1S/C14H17ClN2/c1-14(2,3)12-5-10(6-13(15)7-12)11-8-16-17(4)9-11/h5-9H,1-4H3. The highest BCUT2D eigenvalue weighted by atomic mass is 35.5. The zero-order chi connectivity index (χ0) is 12.6. The summed E-state index contributed by atoms with van der Waals surface area (Å²) < 4.78 is 1.80. The quantitative estimate of drug-likeness (QED) is 0.745. The molecule has 17 heavy (non-hydrogen) atoms. The molecule has 0 saturated carbocycles. The molecule has 1 heterocycles. The molecule has 3 heteroatoms. The van der Waals surface area contributed by atoms with E-state index in [-0.39, 0.29) is 5.41 Å². The zero-order valence-electron chi connectivity index (χ0n) is 10.7. The van der Waals surface area contributed by atoms with Crippen LogP contribution in [0.15, 0.2) is 30.6 Å². The summed E-state index contributed by atoms with van der Waals surface area (Å²) in [6, 6.07) is 6.19. The first-order valence-corrected chi connectivity index (χ1v) is 6.04. The molecule has 0 spiro atoms. The lowest BCUT2D eigenvalue weighted by Crippen LogP contribution is -2.10. The van der Waals surface area contributed by atoms with Gasteiger partial charge in [0.15, 0.2) is 0 Å². The zero-order valence-corrected chi connectivity index (χ0v) is 11.4. The molecule has 0 aliphatic rings. The van der Waals surface area contributed by atoms with Crippen molar-refractivity contribution in [2.75, 3.05) is 0 Å². The second kappa shape index (κ2) is 4.19. The van der Waals surface area contributed by atoms with Crippen LogP contribution in [-0.2, 0) is 12.5 Å². The number of aryl methyl sites for hydroxylation is 1. The van der Waals surface area contributed by atoms with Crippen molar-refractivity contribution in [3.05, 3.63) is 41.2 Å². The Bertz CT molecular complexity index is 535. The van der Waals surface area contributed by atoms with Gasteiger partial charge in [0.1, 0.15) is 0 Å². The second-order valence-electron chi connectivity index (χ2n) is 5.38. The number of aromatic nitrogens is 2. The van der Waals surface area contributed by atoms with Crippen LogP contribution in [-0.4, -0.2) is 9.78 Å². The van der Waals surface area contributed by atoms with Crippen molar-refractivity contribution in [3.8, 4) is 11.1 Å². The lowest BCUT2D eigenvalue weighted by molar-refractivity contribution is 0.590. The molecule has 0 saturated heterocycles. The summed E-state index contributed by atoms with van der Waals surface area (Å²) in [5, 5.41) is 4.96. The minimum Gasteiger partial charge on any atom is -0.275 e. The van der Waals surface area contributed by atoms with Gasteiger partial charge >= 0.3 is 0 Å². The van der Waals surface area contributed by atoms with Crippen LogP contribution in [0.25, 0.3) is 11.1 Å². The average Bonchev–Trinajstić information content (AvgIpc) is 2.62. The van der Waals surface area contributed by atoms with Gasteiger partial charge < -0.3 is 0 Å². The molecule has 2 aromatic rings. The van der Waals surface area contributed by atoms with Gasteiger partial charge in [-0.2, -0.15) is 5.10 Å². The number of hydrogen-bond donors (Lipinski definition) is 0. The van der Waals surface area contributed by atoms with Crippen LogP contribution in [0.4, 0.5) is 0 Å². The number of benzene rings is 1. The third-order valence-corrected chi connectivity index (χ3v) is 3.02. The maximum absolute atomic E-state index is 6.19. The Balaban J connectivity index is 2.52. The van der Waals surface area contributed by atoms with Crippen LogP contribution in [0.5, 0.6) is 0 Å². The fourth-order valence-electron chi connectivity index (χ4n) is 1.76. The van der Waals surface area contributed by atoms with Gasteiger partial charge in [-0.1, -0.05) is 38.4 Å². The minimum absolute atomic E-state index is 0.0991. The second-order valence-corrected chi connectivity index (χ2v) is 5.82. The third-order valence-electron chi connectivity index (χ3n) is 2.80. The largest absolute Gasteiger partial charge is 0.275 e. The highest BCUT2D eigenvalue weighted by Crippen LogP contribution is 2.30. The van der Waals surface area contributed by atoms with Gasteiger partial charge in [-0.15, -0.1) is 0 Å². The maximum Gasteiger partial charge on any atom is 0.0568 e. The van der Waals surface area contributed by atoms with Crippen LogP contribution in [0, 0.1) is 0 Å². The summed E-state index contributed by atoms with van der Waals surface area (Å²) in [4.78, 5) is 0. The Morgan fingerprint density at radius 3 is 2.35 bits per heavy atom. The third kappa shape index (κ3) is 2.70. The van der Waals surface area contributed by atoms with Crippen LogP contribution in [0.2, 0.25) is 5.02 Å². The Labute approximate surface area is 107 Å². The van der Waals surface area contributed by atoms with E-state index in [1.54, 1.807) is 4.68 Å². The summed E-state index contributed by atoms with van der Waals surface area (Å²) in [7, 11) is 1.92. The van der Waals surface area contributed by atoms with E-state index in [9.17, 15) is 0 Å². The fraction of sp³-hybridized carbons (Fsp3) is 0.357. The van der Waals surface area contributed by atoms with E-state index in [2.05, 4.69) is 31.9 Å². The van der Waals surface area contributed by atoms with Gasteiger partial charge in [0.05, 0.1) is 6.20 Å². The molecule has 0 unspecified atom stereocenters. The van der Waals surface area contributed by atoms with Crippen molar-refractivity contribution in [2.24, 2.45) is 7.05 Å². The molecular weight excluding hydrogens is 232 g/mol. The van der Waals surface area contributed by atoms with Gasteiger partial charge in [-0.3, -0.25) is 4.68 Å². The summed E-state index contributed by atoms with van der Waals surface area (Å²) >= 11 is 6.19. The maximum atomic E-state index is 6.19. The Kier molecular flexibility index (Phi) is 3.00. The topological polar surface area (TPSA) is 17.8 Å². The Morgan fingerprint density at radius 1 is 1.12 bits per heavy atom. The monoisotopic (exact) mass is 248 g/mol. The highest BCUT2D eigenvalue weighted by Gasteiger charge is 2.15. The molecule has 1 aromatic heterocycles. The molecule has 2 nitrogen and oxygen atoms in total. The van der Waals surface area contributed by atoms with Crippen LogP contribution >= 0.6 is 11.6 Å². The van der Waals surface area contributed by atoms with E-state index >= 15 is 0 Å². The van der Waals surface area contributed by atoms with Crippen molar-refractivity contribution >= 4 is 11.6 Å². The average molecular weight is 249 g/mol. The highest BCUT2D eigenvalue weighted by molar-refractivity contribution is 6.31. The molecule has 0 N–H and O–H groups in total. The molecule has 0 radical (unpaired) electrons. The molecule has 0 atom stereocenters. The van der Waals surface area contributed by atoms with Crippen LogP contribution in [0.1, 0.15) is 26.3 Å². The smallest absolute Gasteiger partial charge is 0.0568 e. The van der Waals surface area contributed by atoms with Crippen molar-refractivity contribution in [3.63, 3.8) is 0 Å².